The van der Waals surface area contributed by atoms with Crippen molar-refractivity contribution in [2.45, 2.75) is 29.6 Å². The lowest BCUT2D eigenvalue weighted by Gasteiger charge is -2.45. The number of nitrogens with zero attached hydrogens (tertiary/aromatic N) is 2. The molecule has 3 heterocycles. The molecular formula is C17H22N7O5+. The Morgan fingerprint density at radius 2 is 2.03 bits per heavy atom. The van der Waals surface area contributed by atoms with Gasteiger partial charge in [-0.05, 0) is 12.1 Å². The van der Waals surface area contributed by atoms with Crippen LogP contribution in [0, 0.1) is 0 Å². The molecule has 1 fully saturated rings. The molecule has 3 aliphatic rings. The third kappa shape index (κ3) is 2.53. The van der Waals surface area contributed by atoms with Gasteiger partial charge in [-0.1, -0.05) is 18.2 Å². The molecular weight excluding hydrogens is 382 g/mol. The standard InChI is InChI=1S/C17H21N7O5/c1-20-12(25)10-11-16(23-14(18)22-11)17(27,28)9(7-24(16)15(19)21-10)29-13(26)8-5-3-2-4-6-8/h2-6,9-11,27-28H,7H2,1H3,(H2,19,21)(H,20,25)(H3,18,22,23)/p+1/t9-,10+,11-,16-/m0/s1. The van der Waals surface area contributed by atoms with Crippen LogP contribution in [0.25, 0.3) is 0 Å². The summed E-state index contributed by atoms with van der Waals surface area (Å²) in [5, 5.41) is 27.5. The van der Waals surface area contributed by atoms with Crippen molar-refractivity contribution >= 4 is 23.8 Å². The number of carbonyl (C=O) groups is 2. The zero-order chi connectivity index (χ0) is 21.0. The first-order chi connectivity index (χ1) is 13.7. The minimum atomic E-state index is -2.66. The van der Waals surface area contributed by atoms with Gasteiger partial charge in [0, 0.05) is 7.05 Å². The van der Waals surface area contributed by atoms with Crippen LogP contribution in [0.3, 0.4) is 0 Å². The molecule has 1 spiro atoms. The van der Waals surface area contributed by atoms with Gasteiger partial charge in [0.15, 0.2) is 24.1 Å². The summed E-state index contributed by atoms with van der Waals surface area (Å²) in [6.07, 6.45) is -1.41. The average Bonchev–Trinajstić information content (AvgIpc) is 3.16. The summed E-state index contributed by atoms with van der Waals surface area (Å²) in [7, 11) is 1.42. The van der Waals surface area contributed by atoms with E-state index in [0.29, 0.717) is 0 Å². The number of nitrogens with two attached hydrogens (primary N) is 2. The summed E-state index contributed by atoms with van der Waals surface area (Å²) < 4.78 is 5.40. The fraction of sp³-hybridized carbons (Fsp3) is 0.412. The molecule has 9 N–H and O–H groups in total. The predicted octanol–water partition coefficient (Wildman–Crippen LogP) is -5.29. The second-order valence-corrected chi connectivity index (χ2v) is 7.07. The SMILES string of the molecule is CNC(=O)[C@@H]1N=C(N)N2C[C@H](OC(=O)c3ccccc3)C(O)(O)[C@@]23NC(N)=[NH+][C@@H]13. The van der Waals surface area contributed by atoms with Crippen molar-refractivity contribution in [3.05, 3.63) is 35.9 Å². The van der Waals surface area contributed by atoms with Gasteiger partial charge in [0.05, 0.1) is 12.1 Å². The van der Waals surface area contributed by atoms with Crippen molar-refractivity contribution in [2.75, 3.05) is 13.6 Å². The van der Waals surface area contributed by atoms with E-state index in [0.717, 1.165) is 0 Å². The molecule has 1 amide bonds. The third-order valence-corrected chi connectivity index (χ3v) is 5.51. The molecule has 1 saturated heterocycles. The fourth-order valence-corrected chi connectivity index (χ4v) is 4.15. The van der Waals surface area contributed by atoms with E-state index in [9.17, 15) is 19.8 Å². The Kier molecular flexibility index (Phi) is 4.13. The predicted molar refractivity (Wildman–Crippen MR) is 98.8 cm³/mol. The number of esters is 1. The molecule has 0 unspecified atom stereocenters. The van der Waals surface area contributed by atoms with Crippen LogP contribution >= 0.6 is 0 Å². The van der Waals surface area contributed by atoms with Gasteiger partial charge < -0.3 is 26.0 Å². The summed E-state index contributed by atoms with van der Waals surface area (Å²) in [5.74, 6) is -4.02. The van der Waals surface area contributed by atoms with E-state index in [1.165, 1.54) is 11.9 Å². The van der Waals surface area contributed by atoms with E-state index in [2.05, 4.69) is 20.6 Å². The van der Waals surface area contributed by atoms with Crippen LogP contribution in [0.1, 0.15) is 10.4 Å². The molecule has 29 heavy (non-hydrogen) atoms. The Morgan fingerprint density at radius 1 is 1.34 bits per heavy atom. The van der Waals surface area contributed by atoms with Crippen LogP contribution in [-0.2, 0) is 9.53 Å². The van der Waals surface area contributed by atoms with E-state index < -0.39 is 41.5 Å². The van der Waals surface area contributed by atoms with Crippen molar-refractivity contribution in [1.29, 1.82) is 0 Å². The number of aliphatic hydroxyl groups is 2. The quantitative estimate of drug-likeness (QED) is 0.191. The van der Waals surface area contributed by atoms with Crippen molar-refractivity contribution in [3.8, 4) is 0 Å². The molecule has 0 saturated carbocycles. The number of guanidine groups is 2. The number of aliphatic imine (C=N–C) groups is 1. The van der Waals surface area contributed by atoms with Gasteiger partial charge >= 0.3 is 11.9 Å². The van der Waals surface area contributed by atoms with Gasteiger partial charge in [-0.3, -0.25) is 20.4 Å². The van der Waals surface area contributed by atoms with Crippen molar-refractivity contribution in [3.63, 3.8) is 0 Å². The third-order valence-electron chi connectivity index (χ3n) is 5.51. The molecule has 0 radical (unpaired) electrons. The summed E-state index contributed by atoms with van der Waals surface area (Å²) in [6, 6.07) is 6.04. The number of benzene rings is 1. The van der Waals surface area contributed by atoms with Crippen LogP contribution in [0.5, 0.6) is 0 Å². The summed E-state index contributed by atoms with van der Waals surface area (Å²) in [6.45, 7) is -0.181. The first-order valence-electron chi connectivity index (χ1n) is 8.92. The Bertz CT molecular complexity index is 918. The number of nitrogens with one attached hydrogen (secondary N) is 3. The molecule has 1 aromatic carbocycles. The summed E-state index contributed by atoms with van der Waals surface area (Å²) >= 11 is 0. The molecule has 0 aromatic heterocycles. The molecule has 0 aliphatic carbocycles. The van der Waals surface area contributed by atoms with Crippen molar-refractivity contribution in [2.24, 2.45) is 16.5 Å². The number of carbonyl (C=O) groups excluding carboxylic acids is 2. The molecule has 1 aromatic rings. The normalized spacial score (nSPS) is 31.7. The first kappa shape index (κ1) is 19.0. The van der Waals surface area contributed by atoms with Crippen LogP contribution in [0.15, 0.2) is 35.3 Å². The number of rotatable bonds is 3. The number of hydrogen-bond donors (Lipinski definition) is 7. The minimum Gasteiger partial charge on any atom is -0.451 e. The molecule has 4 rings (SSSR count). The lowest BCUT2D eigenvalue weighted by atomic mass is 9.85. The second kappa shape index (κ2) is 6.32. The van der Waals surface area contributed by atoms with Crippen molar-refractivity contribution in [1.82, 2.24) is 15.5 Å². The molecule has 0 bridgehead atoms. The Morgan fingerprint density at radius 3 is 2.69 bits per heavy atom. The second-order valence-electron chi connectivity index (χ2n) is 7.07. The van der Waals surface area contributed by atoms with E-state index in [-0.39, 0.29) is 24.0 Å². The van der Waals surface area contributed by atoms with Crippen LogP contribution in [-0.4, -0.2) is 82.1 Å². The van der Waals surface area contributed by atoms with Gasteiger partial charge in [-0.25, -0.2) is 15.1 Å². The number of ether oxygens (including phenoxy) is 1. The maximum atomic E-state index is 12.5. The highest BCUT2D eigenvalue weighted by Gasteiger charge is 2.78. The van der Waals surface area contributed by atoms with Gasteiger partial charge in [0.25, 0.3) is 11.4 Å². The Balaban J connectivity index is 1.72. The van der Waals surface area contributed by atoms with Gasteiger partial charge in [-0.15, -0.1) is 0 Å². The molecule has 3 aliphatic heterocycles. The maximum Gasteiger partial charge on any atom is 0.343 e. The molecule has 4 atom stereocenters. The summed E-state index contributed by atoms with van der Waals surface area (Å²) in [4.78, 5) is 33.2. The highest BCUT2D eigenvalue weighted by atomic mass is 16.6. The van der Waals surface area contributed by atoms with E-state index in [1.807, 2.05) is 0 Å². The maximum absolute atomic E-state index is 12.5. The average molecular weight is 404 g/mol. The van der Waals surface area contributed by atoms with Gasteiger partial charge in [0.1, 0.15) is 0 Å². The van der Waals surface area contributed by atoms with Gasteiger partial charge in [-0.2, -0.15) is 0 Å². The molecule has 12 nitrogen and oxygen atoms in total. The zero-order valence-corrected chi connectivity index (χ0v) is 15.5. The fourth-order valence-electron chi connectivity index (χ4n) is 4.15. The lowest BCUT2D eigenvalue weighted by molar-refractivity contribution is -0.519. The summed E-state index contributed by atoms with van der Waals surface area (Å²) in [5.41, 5.74) is 10.4. The lowest BCUT2D eigenvalue weighted by Crippen LogP contribution is -2.90. The number of amides is 1. The van der Waals surface area contributed by atoms with E-state index in [4.69, 9.17) is 16.2 Å². The van der Waals surface area contributed by atoms with E-state index in [1.54, 1.807) is 30.3 Å². The number of likely N-dealkylation sites (N-methyl/N-ethyl adjacent to an activating group) is 1. The smallest absolute Gasteiger partial charge is 0.343 e. The van der Waals surface area contributed by atoms with Crippen molar-refractivity contribution < 1.29 is 29.5 Å². The molecule has 154 valence electrons. The number of hydrogen-bond acceptors (Lipinski definition) is 10. The first-order valence-corrected chi connectivity index (χ1v) is 8.92. The monoisotopic (exact) mass is 404 g/mol. The van der Waals surface area contributed by atoms with Crippen LogP contribution in [0.2, 0.25) is 0 Å². The Labute approximate surface area is 165 Å². The van der Waals surface area contributed by atoms with Crippen LogP contribution in [0.4, 0.5) is 0 Å². The highest BCUT2D eigenvalue weighted by Crippen LogP contribution is 2.42. The Hall–Kier alpha value is -3.38. The van der Waals surface area contributed by atoms with E-state index >= 15 is 0 Å². The topological polar surface area (TPSA) is 190 Å². The van der Waals surface area contributed by atoms with Gasteiger partial charge in [0.2, 0.25) is 5.91 Å². The largest absolute Gasteiger partial charge is 0.451 e. The zero-order valence-electron chi connectivity index (χ0n) is 15.5. The highest BCUT2D eigenvalue weighted by molar-refractivity contribution is 5.92. The molecule has 12 heteroatoms. The van der Waals surface area contributed by atoms with Crippen LogP contribution < -0.4 is 27.1 Å². The minimum absolute atomic E-state index is 0.00122.